The van der Waals surface area contributed by atoms with Crippen LogP contribution < -0.4 is 0 Å². The molecule has 0 nitrogen and oxygen atoms in total. The second-order valence-electron chi connectivity index (χ2n) is 20.5. The lowest BCUT2D eigenvalue weighted by molar-refractivity contribution is 0.553. The standard InChI is InChI=1S/C62H106/c1-5-9-13-17-21-25-29-33-37-41-45-55-49-59-53-61-51-57(47-43-39-35-31-27-23-19-15-11-7-3)58(48-44-40-36-32-28-24-20-16-12-8-4)52-62(61)54-60(59)50-56(55)46-42-38-34-30-26-22-18-14-10-6-2/h49-54H,5-48H2,1-4H3. The number of benzene rings is 3. The van der Waals surface area contributed by atoms with Crippen molar-refractivity contribution in [2.75, 3.05) is 0 Å². The molecule has 0 atom stereocenters. The molecule has 0 aromatic heterocycles. The van der Waals surface area contributed by atoms with E-state index in [2.05, 4.69) is 64.1 Å². The van der Waals surface area contributed by atoms with E-state index in [0.717, 1.165) is 0 Å². The van der Waals surface area contributed by atoms with Crippen LogP contribution in [-0.4, -0.2) is 0 Å². The summed E-state index contributed by atoms with van der Waals surface area (Å²) in [6.07, 6.45) is 61.7. The first-order valence-electron chi connectivity index (χ1n) is 28.7. The van der Waals surface area contributed by atoms with Crippen molar-refractivity contribution in [3.05, 3.63) is 58.7 Å². The summed E-state index contributed by atoms with van der Waals surface area (Å²) in [5.74, 6) is 0. The van der Waals surface area contributed by atoms with E-state index in [1.54, 1.807) is 22.3 Å². The van der Waals surface area contributed by atoms with Gasteiger partial charge in [-0.3, -0.25) is 0 Å². The number of rotatable bonds is 44. The predicted molar refractivity (Wildman–Crippen MR) is 284 cm³/mol. The minimum Gasteiger partial charge on any atom is -0.0654 e. The van der Waals surface area contributed by atoms with Crippen LogP contribution in [0, 0.1) is 0 Å². The maximum Gasteiger partial charge on any atom is -0.0175 e. The van der Waals surface area contributed by atoms with Crippen LogP contribution in [-0.2, 0) is 25.7 Å². The van der Waals surface area contributed by atoms with Crippen LogP contribution >= 0.6 is 0 Å². The van der Waals surface area contributed by atoms with Crippen molar-refractivity contribution in [3.8, 4) is 0 Å². The monoisotopic (exact) mass is 851 g/mol. The van der Waals surface area contributed by atoms with E-state index in [1.165, 1.54) is 304 Å². The van der Waals surface area contributed by atoms with Gasteiger partial charge in [0.15, 0.2) is 0 Å². The van der Waals surface area contributed by atoms with Crippen molar-refractivity contribution in [2.45, 2.75) is 310 Å². The Balaban J connectivity index is 1.69. The molecule has 0 aliphatic carbocycles. The van der Waals surface area contributed by atoms with Crippen LogP contribution in [0.3, 0.4) is 0 Å². The van der Waals surface area contributed by atoms with Gasteiger partial charge in [0.05, 0.1) is 0 Å². The summed E-state index contributed by atoms with van der Waals surface area (Å²) in [5, 5.41) is 5.94. The summed E-state index contributed by atoms with van der Waals surface area (Å²) in [4.78, 5) is 0. The molecule has 354 valence electrons. The SMILES string of the molecule is CCCCCCCCCCCCc1cc2cc3cc(CCCCCCCCCCCC)c(CCCCCCCCCCCC)cc3cc2cc1CCCCCCCCCCCC. The lowest BCUT2D eigenvalue weighted by atomic mass is 9.89. The van der Waals surface area contributed by atoms with E-state index >= 15 is 0 Å². The smallest absolute Gasteiger partial charge is 0.0175 e. The molecule has 0 bridgehead atoms. The minimum atomic E-state index is 1.26. The zero-order chi connectivity index (χ0) is 44.0. The Morgan fingerprint density at radius 3 is 0.484 bits per heavy atom. The largest absolute Gasteiger partial charge is 0.0654 e. The molecule has 0 aliphatic heterocycles. The Hall–Kier alpha value is -1.82. The number of aryl methyl sites for hydroxylation is 4. The summed E-state index contributed by atoms with van der Waals surface area (Å²) in [7, 11) is 0. The lowest BCUT2D eigenvalue weighted by Crippen LogP contribution is -1.98. The van der Waals surface area contributed by atoms with Gasteiger partial charge in [-0.2, -0.15) is 0 Å². The van der Waals surface area contributed by atoms with Crippen LogP contribution in [0.5, 0.6) is 0 Å². The number of hydrogen-bond donors (Lipinski definition) is 0. The molecule has 3 aromatic rings. The Morgan fingerprint density at radius 1 is 0.177 bits per heavy atom. The zero-order valence-electron chi connectivity index (χ0n) is 42.6. The normalized spacial score (nSPS) is 11.8. The molecular weight excluding hydrogens is 745 g/mol. The van der Waals surface area contributed by atoms with Crippen LogP contribution in [0.4, 0.5) is 0 Å². The number of hydrogen-bond acceptors (Lipinski definition) is 0. The van der Waals surface area contributed by atoms with Crippen LogP contribution in [0.15, 0.2) is 36.4 Å². The van der Waals surface area contributed by atoms with E-state index in [-0.39, 0.29) is 0 Å². The average Bonchev–Trinajstić information content (AvgIpc) is 3.28. The fraction of sp³-hybridized carbons (Fsp3) is 0.774. The highest BCUT2D eigenvalue weighted by molar-refractivity contribution is 5.99. The minimum absolute atomic E-state index is 1.26. The van der Waals surface area contributed by atoms with Crippen LogP contribution in [0.2, 0.25) is 0 Å². The van der Waals surface area contributed by atoms with Gasteiger partial charge >= 0.3 is 0 Å². The second kappa shape index (κ2) is 38.4. The Kier molecular flexibility index (Phi) is 33.8. The fourth-order valence-electron chi connectivity index (χ4n) is 10.4. The van der Waals surface area contributed by atoms with Gasteiger partial charge in [0.25, 0.3) is 0 Å². The summed E-state index contributed by atoms with van der Waals surface area (Å²) >= 11 is 0. The predicted octanol–water partition coefficient (Wildman–Crippen LogP) is 21.8. The quantitative estimate of drug-likeness (QED) is 0.0393. The number of unbranched alkanes of at least 4 members (excludes halogenated alkanes) is 36. The zero-order valence-corrected chi connectivity index (χ0v) is 42.6. The topological polar surface area (TPSA) is 0 Å². The third kappa shape index (κ3) is 25.6. The van der Waals surface area contributed by atoms with Gasteiger partial charge in [-0.15, -0.1) is 0 Å². The molecule has 0 saturated carbocycles. The van der Waals surface area contributed by atoms with E-state index in [4.69, 9.17) is 0 Å². The third-order valence-electron chi connectivity index (χ3n) is 14.6. The van der Waals surface area contributed by atoms with Crippen LogP contribution in [0.25, 0.3) is 21.5 Å². The summed E-state index contributed by atoms with van der Waals surface area (Å²) in [5.41, 5.74) is 6.65. The summed E-state index contributed by atoms with van der Waals surface area (Å²) < 4.78 is 0. The molecule has 0 amide bonds. The first-order chi connectivity index (χ1) is 30.7. The van der Waals surface area contributed by atoms with Crippen molar-refractivity contribution >= 4 is 21.5 Å². The molecule has 3 rings (SSSR count). The molecule has 0 spiro atoms. The molecule has 0 fully saturated rings. The molecule has 62 heavy (non-hydrogen) atoms. The molecule has 0 heteroatoms. The van der Waals surface area contributed by atoms with Crippen molar-refractivity contribution in [2.24, 2.45) is 0 Å². The second-order valence-corrected chi connectivity index (χ2v) is 20.5. The van der Waals surface area contributed by atoms with E-state index in [9.17, 15) is 0 Å². The molecule has 0 radical (unpaired) electrons. The summed E-state index contributed by atoms with van der Waals surface area (Å²) in [6, 6.07) is 15.8. The first-order valence-corrected chi connectivity index (χ1v) is 28.7. The van der Waals surface area contributed by atoms with E-state index in [0.29, 0.717) is 0 Å². The highest BCUT2D eigenvalue weighted by Crippen LogP contribution is 2.31. The third-order valence-corrected chi connectivity index (χ3v) is 14.6. The van der Waals surface area contributed by atoms with Gasteiger partial charge in [0, 0.05) is 0 Å². The molecular formula is C62H106. The molecule has 0 heterocycles. The van der Waals surface area contributed by atoms with Gasteiger partial charge in [0.2, 0.25) is 0 Å². The summed E-state index contributed by atoms with van der Waals surface area (Å²) in [6.45, 7) is 9.30. The van der Waals surface area contributed by atoms with Gasteiger partial charge in [-0.05, 0) is 107 Å². The number of fused-ring (bicyclic) bond motifs is 2. The van der Waals surface area contributed by atoms with Crippen molar-refractivity contribution in [3.63, 3.8) is 0 Å². The Morgan fingerprint density at radius 2 is 0.323 bits per heavy atom. The van der Waals surface area contributed by atoms with Gasteiger partial charge in [-0.25, -0.2) is 0 Å². The molecule has 0 saturated heterocycles. The lowest BCUT2D eigenvalue weighted by Gasteiger charge is -2.16. The Labute approximate surface area is 388 Å². The maximum absolute atomic E-state index is 2.65. The maximum atomic E-state index is 2.65. The van der Waals surface area contributed by atoms with Gasteiger partial charge in [-0.1, -0.05) is 283 Å². The Bertz CT molecular complexity index is 1240. The fourth-order valence-corrected chi connectivity index (χ4v) is 10.4. The molecule has 3 aromatic carbocycles. The van der Waals surface area contributed by atoms with Crippen molar-refractivity contribution in [1.82, 2.24) is 0 Å². The van der Waals surface area contributed by atoms with Crippen molar-refractivity contribution in [1.29, 1.82) is 0 Å². The molecule has 0 unspecified atom stereocenters. The van der Waals surface area contributed by atoms with E-state index in [1.807, 2.05) is 0 Å². The van der Waals surface area contributed by atoms with Gasteiger partial charge in [0.1, 0.15) is 0 Å². The molecule has 0 aliphatic rings. The highest BCUT2D eigenvalue weighted by atomic mass is 14.2. The molecule has 0 N–H and O–H groups in total. The average molecular weight is 852 g/mol. The van der Waals surface area contributed by atoms with E-state index < -0.39 is 0 Å². The first kappa shape index (κ1) is 54.5. The van der Waals surface area contributed by atoms with Gasteiger partial charge < -0.3 is 0 Å². The highest BCUT2D eigenvalue weighted by Gasteiger charge is 2.11. The van der Waals surface area contributed by atoms with Crippen molar-refractivity contribution < 1.29 is 0 Å². The van der Waals surface area contributed by atoms with Crippen LogP contribution in [0.1, 0.15) is 307 Å².